The van der Waals surface area contributed by atoms with Gasteiger partial charge in [0.15, 0.2) is 0 Å². The number of rotatable bonds is 8. The number of para-hydroxylation sites is 1. The molecule has 0 saturated heterocycles. The molecular weight excluding hydrogens is 376 g/mol. The van der Waals surface area contributed by atoms with E-state index in [-0.39, 0.29) is 5.97 Å². The third kappa shape index (κ3) is 4.01. The van der Waals surface area contributed by atoms with E-state index < -0.39 is 6.04 Å². The standard InChI is InChI=1S/C20H26N4O3S/c1-5-11-27-18(25)16-13(3)21-19-22-20(28-12-6-2)23-24(19)17(16)14-9-7-8-10-15(14)26-4/h7-10,17H,5-6,11-12H2,1-4H3,(H,21,22,23). The highest BCUT2D eigenvalue weighted by molar-refractivity contribution is 7.99. The lowest BCUT2D eigenvalue weighted by Gasteiger charge is -2.29. The number of hydrogen-bond donors (Lipinski definition) is 1. The van der Waals surface area contributed by atoms with Gasteiger partial charge >= 0.3 is 5.97 Å². The highest BCUT2D eigenvalue weighted by atomic mass is 32.2. The van der Waals surface area contributed by atoms with Crippen LogP contribution in [0.3, 0.4) is 0 Å². The third-order valence-electron chi connectivity index (χ3n) is 4.36. The maximum Gasteiger partial charge on any atom is 0.338 e. The van der Waals surface area contributed by atoms with Crippen LogP contribution in [0.25, 0.3) is 0 Å². The number of hydrogen-bond acceptors (Lipinski definition) is 7. The molecule has 1 atom stereocenters. The van der Waals surface area contributed by atoms with Gasteiger partial charge in [-0.25, -0.2) is 9.48 Å². The van der Waals surface area contributed by atoms with Crippen molar-refractivity contribution in [1.29, 1.82) is 0 Å². The van der Waals surface area contributed by atoms with Gasteiger partial charge in [-0.05, 0) is 25.8 Å². The van der Waals surface area contributed by atoms with Gasteiger partial charge in [0.2, 0.25) is 11.1 Å². The second-order valence-electron chi connectivity index (χ2n) is 6.46. The summed E-state index contributed by atoms with van der Waals surface area (Å²) in [5.41, 5.74) is 2.07. The number of ether oxygens (including phenoxy) is 2. The summed E-state index contributed by atoms with van der Waals surface area (Å²) in [7, 11) is 1.62. The lowest BCUT2D eigenvalue weighted by atomic mass is 9.95. The molecule has 0 aliphatic carbocycles. The van der Waals surface area contributed by atoms with Crippen LogP contribution >= 0.6 is 11.8 Å². The molecule has 3 rings (SSSR count). The summed E-state index contributed by atoms with van der Waals surface area (Å²) >= 11 is 1.60. The molecule has 7 nitrogen and oxygen atoms in total. The van der Waals surface area contributed by atoms with Crippen molar-refractivity contribution in [2.75, 3.05) is 24.8 Å². The minimum atomic E-state index is -0.472. The molecule has 28 heavy (non-hydrogen) atoms. The number of methoxy groups -OCH3 is 1. The van der Waals surface area contributed by atoms with Crippen LogP contribution in [0.5, 0.6) is 5.75 Å². The molecule has 8 heteroatoms. The van der Waals surface area contributed by atoms with Gasteiger partial charge in [0.1, 0.15) is 11.8 Å². The summed E-state index contributed by atoms with van der Waals surface area (Å²) in [5.74, 6) is 1.87. The van der Waals surface area contributed by atoms with E-state index in [1.165, 1.54) is 0 Å². The number of allylic oxidation sites excluding steroid dienone is 1. The first-order chi connectivity index (χ1) is 13.6. The van der Waals surface area contributed by atoms with E-state index in [1.54, 1.807) is 23.6 Å². The number of nitrogens with zero attached hydrogens (tertiary/aromatic N) is 3. The van der Waals surface area contributed by atoms with Gasteiger partial charge in [0.25, 0.3) is 0 Å². The number of thioether (sulfide) groups is 1. The number of fused-ring (bicyclic) bond motifs is 1. The van der Waals surface area contributed by atoms with Crippen LogP contribution in [0.1, 0.15) is 45.2 Å². The molecule has 1 unspecified atom stereocenters. The molecule has 0 fully saturated rings. The van der Waals surface area contributed by atoms with Crippen molar-refractivity contribution in [2.45, 2.75) is 44.8 Å². The minimum Gasteiger partial charge on any atom is -0.496 e. The fourth-order valence-electron chi connectivity index (χ4n) is 3.10. The van der Waals surface area contributed by atoms with Crippen LogP contribution in [0, 0.1) is 0 Å². The van der Waals surface area contributed by atoms with Crippen molar-refractivity contribution in [1.82, 2.24) is 14.8 Å². The predicted octanol–water partition coefficient (Wildman–Crippen LogP) is 4.03. The lowest BCUT2D eigenvalue weighted by Crippen LogP contribution is -2.30. The van der Waals surface area contributed by atoms with Gasteiger partial charge in [0.05, 0.1) is 19.3 Å². The fourth-order valence-corrected chi connectivity index (χ4v) is 3.79. The summed E-state index contributed by atoms with van der Waals surface area (Å²) in [6, 6.07) is 7.18. The topological polar surface area (TPSA) is 78.3 Å². The van der Waals surface area contributed by atoms with Crippen LogP contribution in [0.15, 0.2) is 40.7 Å². The molecule has 0 radical (unpaired) electrons. The van der Waals surface area contributed by atoms with E-state index in [9.17, 15) is 4.79 Å². The van der Waals surface area contributed by atoms with Crippen LogP contribution in [-0.2, 0) is 9.53 Å². The SMILES string of the molecule is CCCOC(=O)C1=C(C)Nc2nc(SCCC)nn2C1c1ccccc1OC. The van der Waals surface area contributed by atoms with Gasteiger partial charge in [0, 0.05) is 17.0 Å². The van der Waals surface area contributed by atoms with Gasteiger partial charge in [-0.2, -0.15) is 4.98 Å². The Hall–Kier alpha value is -2.48. The quantitative estimate of drug-likeness (QED) is 0.527. The first-order valence-corrected chi connectivity index (χ1v) is 10.5. The predicted molar refractivity (Wildman–Crippen MR) is 110 cm³/mol. The van der Waals surface area contributed by atoms with Crippen LogP contribution in [-0.4, -0.2) is 40.2 Å². The van der Waals surface area contributed by atoms with Crippen molar-refractivity contribution < 1.29 is 14.3 Å². The Morgan fingerprint density at radius 2 is 2.07 bits per heavy atom. The molecule has 2 heterocycles. The molecule has 1 aromatic carbocycles. The highest BCUT2D eigenvalue weighted by Gasteiger charge is 2.36. The van der Waals surface area contributed by atoms with Crippen molar-refractivity contribution in [3.8, 4) is 5.75 Å². The summed E-state index contributed by atoms with van der Waals surface area (Å²) in [6.45, 7) is 6.32. The van der Waals surface area contributed by atoms with E-state index >= 15 is 0 Å². The summed E-state index contributed by atoms with van der Waals surface area (Å²) in [6.07, 6.45) is 1.79. The number of nitrogens with one attached hydrogen (secondary N) is 1. The van der Waals surface area contributed by atoms with Crippen molar-refractivity contribution in [3.05, 3.63) is 41.1 Å². The van der Waals surface area contributed by atoms with E-state index in [1.807, 2.05) is 38.1 Å². The number of aromatic nitrogens is 3. The number of anilines is 1. The molecule has 1 aliphatic heterocycles. The molecule has 1 aliphatic rings. The van der Waals surface area contributed by atoms with Crippen molar-refractivity contribution in [3.63, 3.8) is 0 Å². The normalized spacial score (nSPS) is 15.8. The maximum absolute atomic E-state index is 12.9. The zero-order valence-corrected chi connectivity index (χ0v) is 17.5. The molecule has 150 valence electrons. The van der Waals surface area contributed by atoms with Crippen LogP contribution in [0.4, 0.5) is 5.95 Å². The molecule has 0 bridgehead atoms. The Kier molecular flexibility index (Phi) is 6.61. The minimum absolute atomic E-state index is 0.355. The highest BCUT2D eigenvalue weighted by Crippen LogP contribution is 2.40. The Bertz CT molecular complexity index is 878. The van der Waals surface area contributed by atoms with Gasteiger partial charge in [-0.15, -0.1) is 5.10 Å². The zero-order valence-electron chi connectivity index (χ0n) is 16.7. The Morgan fingerprint density at radius 3 is 2.79 bits per heavy atom. The number of benzene rings is 1. The van der Waals surface area contributed by atoms with Crippen LogP contribution < -0.4 is 10.1 Å². The first kappa shape index (κ1) is 20.3. The van der Waals surface area contributed by atoms with Crippen molar-refractivity contribution >= 4 is 23.7 Å². The summed E-state index contributed by atoms with van der Waals surface area (Å²) in [5, 5.41) is 8.57. The van der Waals surface area contributed by atoms with E-state index in [2.05, 4.69) is 22.3 Å². The Labute approximate surface area is 169 Å². The van der Waals surface area contributed by atoms with Gasteiger partial charge in [-0.3, -0.25) is 0 Å². The van der Waals surface area contributed by atoms with Gasteiger partial charge in [-0.1, -0.05) is 43.8 Å². The fraction of sp³-hybridized carbons (Fsp3) is 0.450. The van der Waals surface area contributed by atoms with Crippen molar-refractivity contribution in [2.24, 2.45) is 0 Å². The second kappa shape index (κ2) is 9.14. The lowest BCUT2D eigenvalue weighted by molar-refractivity contribution is -0.139. The Morgan fingerprint density at radius 1 is 1.29 bits per heavy atom. The molecule has 0 amide bonds. The van der Waals surface area contributed by atoms with Gasteiger partial charge < -0.3 is 14.8 Å². The van der Waals surface area contributed by atoms with E-state index in [4.69, 9.17) is 9.47 Å². The number of carbonyl (C=O) groups excluding carboxylic acids is 1. The average molecular weight is 403 g/mol. The monoisotopic (exact) mass is 402 g/mol. The average Bonchev–Trinajstić information content (AvgIpc) is 3.11. The van der Waals surface area contributed by atoms with E-state index in [0.717, 1.165) is 24.2 Å². The zero-order chi connectivity index (χ0) is 20.1. The molecule has 1 N–H and O–H groups in total. The Balaban J connectivity index is 2.11. The molecule has 0 saturated carbocycles. The number of carbonyl (C=O) groups is 1. The van der Waals surface area contributed by atoms with Crippen LogP contribution in [0.2, 0.25) is 0 Å². The molecule has 2 aromatic rings. The molecule has 1 aromatic heterocycles. The maximum atomic E-state index is 12.9. The molecular formula is C20H26N4O3S. The first-order valence-electron chi connectivity index (χ1n) is 9.47. The summed E-state index contributed by atoms with van der Waals surface area (Å²) < 4.78 is 12.8. The van der Waals surface area contributed by atoms with E-state index in [0.29, 0.717) is 34.7 Å². The second-order valence-corrected chi connectivity index (χ2v) is 7.52. The summed E-state index contributed by atoms with van der Waals surface area (Å²) in [4.78, 5) is 17.5. The largest absolute Gasteiger partial charge is 0.496 e. The third-order valence-corrected chi connectivity index (χ3v) is 5.40. The molecule has 0 spiro atoms. The number of esters is 1. The smallest absolute Gasteiger partial charge is 0.338 e.